The molecule has 0 saturated heterocycles. The van der Waals surface area contributed by atoms with E-state index < -0.39 is 17.1 Å². The lowest BCUT2D eigenvalue weighted by Crippen LogP contribution is -2.44. The summed E-state index contributed by atoms with van der Waals surface area (Å²) >= 11 is 0. The molecule has 1 rings (SSSR count). The molecule has 0 radical (unpaired) electrons. The molecular formula is C13H18FN3O2. The maximum Gasteiger partial charge on any atom is 0.238 e. The number of carbonyl (C=O) groups excluding carboxylic acids is 1. The maximum atomic E-state index is 13.4. The van der Waals surface area contributed by atoms with Gasteiger partial charge >= 0.3 is 0 Å². The molecule has 1 unspecified atom stereocenters. The molecule has 19 heavy (non-hydrogen) atoms. The van der Waals surface area contributed by atoms with Gasteiger partial charge in [0.1, 0.15) is 11.2 Å². The summed E-state index contributed by atoms with van der Waals surface area (Å²) in [5.74, 6) is -1.03. The fraction of sp³-hybridized carbons (Fsp3) is 0.385. The van der Waals surface area contributed by atoms with E-state index in [0.29, 0.717) is 17.7 Å². The van der Waals surface area contributed by atoms with Gasteiger partial charge in [0, 0.05) is 5.69 Å². The van der Waals surface area contributed by atoms with Crippen LogP contribution in [0, 0.1) is 18.2 Å². The Hall–Kier alpha value is -2.11. The fourth-order valence-corrected chi connectivity index (χ4v) is 1.51. The average molecular weight is 267 g/mol. The van der Waals surface area contributed by atoms with E-state index in [1.165, 1.54) is 6.07 Å². The standard InChI is InChI=1S/C13H18FN3O2/c1-4-13(3,11(15)17-19)12(18)16-9-6-5-8(2)10(14)7-9/h5-7,19H,4H2,1-3H3,(H2,15,17)(H,16,18). The summed E-state index contributed by atoms with van der Waals surface area (Å²) < 4.78 is 13.4. The third kappa shape index (κ3) is 3.01. The highest BCUT2D eigenvalue weighted by Gasteiger charge is 2.36. The first-order valence-electron chi connectivity index (χ1n) is 5.90. The van der Waals surface area contributed by atoms with E-state index in [1.54, 1.807) is 32.9 Å². The van der Waals surface area contributed by atoms with Gasteiger partial charge in [0.2, 0.25) is 5.91 Å². The predicted octanol–water partition coefficient (Wildman–Crippen LogP) is 2.24. The summed E-state index contributed by atoms with van der Waals surface area (Å²) in [4.78, 5) is 12.2. The molecule has 0 aliphatic rings. The second-order valence-corrected chi connectivity index (χ2v) is 4.59. The van der Waals surface area contributed by atoms with Crippen molar-refractivity contribution < 1.29 is 14.4 Å². The smallest absolute Gasteiger partial charge is 0.238 e. The summed E-state index contributed by atoms with van der Waals surface area (Å²) in [5.41, 5.74) is 5.22. The van der Waals surface area contributed by atoms with Gasteiger partial charge in [0.25, 0.3) is 0 Å². The van der Waals surface area contributed by atoms with Gasteiger partial charge in [-0.05, 0) is 38.0 Å². The number of nitrogens with zero attached hydrogens (tertiary/aromatic N) is 1. The number of hydrogen-bond acceptors (Lipinski definition) is 3. The van der Waals surface area contributed by atoms with Crippen LogP contribution in [-0.2, 0) is 4.79 Å². The van der Waals surface area contributed by atoms with E-state index in [9.17, 15) is 9.18 Å². The van der Waals surface area contributed by atoms with Gasteiger partial charge in [-0.2, -0.15) is 0 Å². The van der Waals surface area contributed by atoms with Crippen molar-refractivity contribution in [3.05, 3.63) is 29.6 Å². The molecule has 0 aromatic heterocycles. The molecule has 0 saturated carbocycles. The SMILES string of the molecule is CCC(C)(C(=O)Nc1ccc(C)c(F)c1)/C(N)=N/O. The fourth-order valence-electron chi connectivity index (χ4n) is 1.51. The van der Waals surface area contributed by atoms with Crippen molar-refractivity contribution in [2.45, 2.75) is 27.2 Å². The summed E-state index contributed by atoms with van der Waals surface area (Å²) in [5, 5.41) is 14.2. The van der Waals surface area contributed by atoms with Crippen LogP contribution in [0.1, 0.15) is 25.8 Å². The van der Waals surface area contributed by atoms with Crippen LogP contribution in [0.15, 0.2) is 23.4 Å². The molecule has 0 heterocycles. The second-order valence-electron chi connectivity index (χ2n) is 4.59. The van der Waals surface area contributed by atoms with Crippen LogP contribution in [0.2, 0.25) is 0 Å². The van der Waals surface area contributed by atoms with Crippen molar-refractivity contribution >= 4 is 17.4 Å². The Morgan fingerprint density at radius 1 is 1.58 bits per heavy atom. The summed E-state index contributed by atoms with van der Waals surface area (Å²) in [6.07, 6.45) is 0.350. The number of amidine groups is 1. The summed E-state index contributed by atoms with van der Waals surface area (Å²) in [6, 6.07) is 4.39. The Morgan fingerprint density at radius 3 is 2.68 bits per heavy atom. The maximum absolute atomic E-state index is 13.4. The molecule has 1 aromatic rings. The molecule has 0 aliphatic heterocycles. The number of oxime groups is 1. The van der Waals surface area contributed by atoms with Crippen molar-refractivity contribution in [3.63, 3.8) is 0 Å². The highest BCUT2D eigenvalue weighted by Crippen LogP contribution is 2.24. The van der Waals surface area contributed by atoms with Crippen LogP contribution >= 0.6 is 0 Å². The molecule has 0 aliphatic carbocycles. The third-order valence-electron chi connectivity index (χ3n) is 3.31. The van der Waals surface area contributed by atoms with E-state index in [4.69, 9.17) is 10.9 Å². The molecule has 1 amide bonds. The van der Waals surface area contributed by atoms with Crippen LogP contribution in [0.3, 0.4) is 0 Å². The molecule has 104 valence electrons. The van der Waals surface area contributed by atoms with Crippen LogP contribution in [-0.4, -0.2) is 17.0 Å². The molecule has 1 atom stereocenters. The van der Waals surface area contributed by atoms with Crippen LogP contribution in [0.4, 0.5) is 10.1 Å². The normalized spacial score (nSPS) is 14.8. The van der Waals surface area contributed by atoms with Gasteiger partial charge in [-0.1, -0.05) is 18.1 Å². The van der Waals surface area contributed by atoms with Crippen molar-refractivity contribution in [1.82, 2.24) is 0 Å². The van der Waals surface area contributed by atoms with Crippen molar-refractivity contribution in [2.24, 2.45) is 16.3 Å². The predicted molar refractivity (Wildman–Crippen MR) is 71.6 cm³/mol. The van der Waals surface area contributed by atoms with Gasteiger partial charge in [-0.3, -0.25) is 4.79 Å². The number of nitrogens with two attached hydrogens (primary N) is 1. The van der Waals surface area contributed by atoms with Gasteiger partial charge in [0.05, 0.1) is 0 Å². The first kappa shape index (κ1) is 14.9. The Balaban J connectivity index is 2.98. The highest BCUT2D eigenvalue weighted by molar-refractivity contribution is 6.11. The van der Waals surface area contributed by atoms with Crippen molar-refractivity contribution in [2.75, 3.05) is 5.32 Å². The first-order valence-corrected chi connectivity index (χ1v) is 5.90. The minimum absolute atomic E-state index is 0.180. The molecule has 0 spiro atoms. The Morgan fingerprint density at radius 2 is 2.21 bits per heavy atom. The lowest BCUT2D eigenvalue weighted by Gasteiger charge is -2.25. The quantitative estimate of drug-likeness (QED) is 0.338. The number of halogens is 1. The molecule has 5 nitrogen and oxygen atoms in total. The molecule has 6 heteroatoms. The third-order valence-corrected chi connectivity index (χ3v) is 3.31. The van der Waals surface area contributed by atoms with Gasteiger partial charge < -0.3 is 16.3 Å². The number of amides is 1. The highest BCUT2D eigenvalue weighted by atomic mass is 19.1. The molecule has 0 fully saturated rings. The zero-order valence-electron chi connectivity index (χ0n) is 11.2. The molecular weight excluding hydrogens is 249 g/mol. The van der Waals surface area contributed by atoms with Gasteiger partial charge in [-0.25, -0.2) is 4.39 Å². The minimum atomic E-state index is -1.14. The van der Waals surface area contributed by atoms with E-state index in [1.807, 2.05) is 0 Å². The van der Waals surface area contributed by atoms with Crippen LogP contribution in [0.25, 0.3) is 0 Å². The van der Waals surface area contributed by atoms with Crippen molar-refractivity contribution in [1.29, 1.82) is 0 Å². The Labute approximate surface area is 111 Å². The van der Waals surface area contributed by atoms with Crippen LogP contribution < -0.4 is 11.1 Å². The van der Waals surface area contributed by atoms with Crippen LogP contribution in [0.5, 0.6) is 0 Å². The summed E-state index contributed by atoms with van der Waals surface area (Å²) in [6.45, 7) is 4.93. The van der Waals surface area contributed by atoms with Crippen molar-refractivity contribution in [3.8, 4) is 0 Å². The van der Waals surface area contributed by atoms with E-state index >= 15 is 0 Å². The van der Waals surface area contributed by atoms with E-state index in [2.05, 4.69) is 10.5 Å². The number of nitrogens with one attached hydrogen (secondary N) is 1. The number of aryl methyl sites for hydroxylation is 1. The molecule has 1 aromatic carbocycles. The second kappa shape index (κ2) is 5.69. The van der Waals surface area contributed by atoms with E-state index in [-0.39, 0.29) is 5.84 Å². The van der Waals surface area contributed by atoms with Gasteiger partial charge in [0.15, 0.2) is 5.84 Å². The number of rotatable bonds is 4. The Kier molecular flexibility index (Phi) is 4.47. The minimum Gasteiger partial charge on any atom is -0.409 e. The molecule has 4 N–H and O–H groups in total. The average Bonchev–Trinajstić information content (AvgIpc) is 2.40. The largest absolute Gasteiger partial charge is 0.409 e. The Bertz CT molecular complexity index is 517. The number of hydrogen-bond donors (Lipinski definition) is 3. The number of carbonyl (C=O) groups is 1. The zero-order valence-corrected chi connectivity index (χ0v) is 11.2. The topological polar surface area (TPSA) is 87.7 Å². The lowest BCUT2D eigenvalue weighted by atomic mass is 9.85. The first-order chi connectivity index (χ1) is 8.85. The van der Waals surface area contributed by atoms with Gasteiger partial charge in [-0.15, -0.1) is 0 Å². The zero-order chi connectivity index (χ0) is 14.6. The molecule has 0 bridgehead atoms. The monoisotopic (exact) mass is 267 g/mol. The van der Waals surface area contributed by atoms with E-state index in [0.717, 1.165) is 0 Å². The number of benzene rings is 1. The summed E-state index contributed by atoms with van der Waals surface area (Å²) in [7, 11) is 0. The lowest BCUT2D eigenvalue weighted by molar-refractivity contribution is -0.121. The number of anilines is 1.